The van der Waals surface area contributed by atoms with Crippen LogP contribution in [0.2, 0.25) is 0 Å². The number of aromatic nitrogens is 2. The minimum Gasteiger partial charge on any atom is -0.481 e. The summed E-state index contributed by atoms with van der Waals surface area (Å²) in [5.74, 6) is -1.33. The number of amides is 1. The van der Waals surface area contributed by atoms with E-state index in [9.17, 15) is 13.6 Å². The van der Waals surface area contributed by atoms with Crippen LogP contribution in [-0.4, -0.2) is 36.6 Å². The number of carbonyl (C=O) groups is 1. The van der Waals surface area contributed by atoms with Crippen LogP contribution in [0.4, 0.5) is 20.4 Å². The number of likely N-dealkylation sites (N-methyl/N-ethyl adjacent to an activating group) is 1. The van der Waals surface area contributed by atoms with Crippen LogP contribution in [0.25, 0.3) is 0 Å². The van der Waals surface area contributed by atoms with Gasteiger partial charge in [0.15, 0.2) is 0 Å². The highest BCUT2D eigenvalue weighted by atomic mass is 19.1. The Kier molecular flexibility index (Phi) is 4.82. The summed E-state index contributed by atoms with van der Waals surface area (Å²) in [5, 5.41) is 2.41. The highest BCUT2D eigenvalue weighted by molar-refractivity contribution is 5.93. The molecule has 0 saturated carbocycles. The molecule has 1 heterocycles. The van der Waals surface area contributed by atoms with E-state index in [1.165, 1.54) is 18.2 Å². The Morgan fingerprint density at radius 3 is 2.64 bits per heavy atom. The van der Waals surface area contributed by atoms with Crippen LogP contribution in [0.3, 0.4) is 0 Å². The number of hydrogen-bond donors (Lipinski definition) is 1. The van der Waals surface area contributed by atoms with E-state index in [0.717, 1.165) is 18.2 Å². The lowest BCUT2D eigenvalue weighted by molar-refractivity contribution is -0.114. The topological polar surface area (TPSA) is 67.3 Å². The molecule has 0 radical (unpaired) electrons. The van der Waals surface area contributed by atoms with Crippen molar-refractivity contribution in [1.82, 2.24) is 9.97 Å². The molecule has 22 heavy (non-hydrogen) atoms. The Morgan fingerprint density at radius 1 is 1.32 bits per heavy atom. The molecule has 0 atom stereocenters. The molecule has 1 aromatic heterocycles. The van der Waals surface area contributed by atoms with E-state index in [1.54, 1.807) is 13.1 Å². The molecule has 0 fully saturated rings. The van der Waals surface area contributed by atoms with Crippen molar-refractivity contribution in [2.45, 2.75) is 0 Å². The summed E-state index contributed by atoms with van der Waals surface area (Å²) < 4.78 is 31.1. The zero-order valence-electron chi connectivity index (χ0n) is 12.0. The standard InChI is InChI=1S/C14H14F2N4O2/c1-20(14-17-4-3-13(19-14)22-2)8-12(21)18-11-6-9(15)5-10(16)7-11/h3-7H,8H2,1-2H3,(H,18,21). The second-order valence-corrected chi connectivity index (χ2v) is 4.46. The summed E-state index contributed by atoms with van der Waals surface area (Å²) in [6.45, 7) is -0.0920. The van der Waals surface area contributed by atoms with Crippen LogP contribution in [0.15, 0.2) is 30.5 Å². The fraction of sp³-hybridized carbons (Fsp3) is 0.214. The number of halogens is 2. The molecule has 0 aliphatic heterocycles. The van der Waals surface area contributed by atoms with Crippen LogP contribution in [-0.2, 0) is 4.79 Å². The van der Waals surface area contributed by atoms with Crippen LogP contribution in [0, 0.1) is 11.6 Å². The molecular formula is C14H14F2N4O2. The number of ether oxygens (including phenoxy) is 1. The third-order valence-electron chi connectivity index (χ3n) is 2.69. The minimum atomic E-state index is -0.764. The van der Waals surface area contributed by atoms with E-state index >= 15 is 0 Å². The first-order valence-electron chi connectivity index (χ1n) is 6.32. The molecule has 0 unspecified atom stereocenters. The number of benzene rings is 1. The highest BCUT2D eigenvalue weighted by Crippen LogP contribution is 2.14. The van der Waals surface area contributed by atoms with Gasteiger partial charge in [0.25, 0.3) is 0 Å². The maximum absolute atomic E-state index is 13.1. The van der Waals surface area contributed by atoms with Gasteiger partial charge >= 0.3 is 0 Å². The molecule has 6 nitrogen and oxygen atoms in total. The molecule has 0 bridgehead atoms. The van der Waals surface area contributed by atoms with E-state index in [1.807, 2.05) is 0 Å². The fourth-order valence-electron chi connectivity index (χ4n) is 1.74. The molecule has 2 aromatic rings. The van der Waals surface area contributed by atoms with Crippen LogP contribution in [0.5, 0.6) is 5.88 Å². The maximum atomic E-state index is 13.1. The molecule has 0 spiro atoms. The first kappa shape index (κ1) is 15.6. The molecule has 0 aliphatic carbocycles. The number of hydrogen-bond acceptors (Lipinski definition) is 5. The van der Waals surface area contributed by atoms with Gasteiger partial charge in [0.2, 0.25) is 17.7 Å². The highest BCUT2D eigenvalue weighted by Gasteiger charge is 2.12. The Bertz CT molecular complexity index is 661. The molecule has 8 heteroatoms. The van der Waals surface area contributed by atoms with Crippen molar-refractivity contribution in [3.8, 4) is 5.88 Å². The fourth-order valence-corrected chi connectivity index (χ4v) is 1.74. The van der Waals surface area contributed by atoms with Crippen molar-refractivity contribution in [3.05, 3.63) is 42.1 Å². The monoisotopic (exact) mass is 308 g/mol. The smallest absolute Gasteiger partial charge is 0.243 e. The number of rotatable bonds is 5. The summed E-state index contributed by atoms with van der Waals surface area (Å²) >= 11 is 0. The largest absolute Gasteiger partial charge is 0.481 e. The van der Waals surface area contributed by atoms with Gasteiger partial charge in [-0.25, -0.2) is 13.8 Å². The SMILES string of the molecule is COc1ccnc(N(C)CC(=O)Nc2cc(F)cc(F)c2)n1. The third kappa shape index (κ3) is 4.11. The Balaban J connectivity index is 2.01. The predicted molar refractivity (Wildman–Crippen MR) is 76.8 cm³/mol. The van der Waals surface area contributed by atoms with E-state index in [2.05, 4.69) is 15.3 Å². The Morgan fingerprint density at radius 2 is 2.00 bits per heavy atom. The number of methoxy groups -OCH3 is 1. The van der Waals surface area contributed by atoms with Gasteiger partial charge in [-0.1, -0.05) is 0 Å². The van der Waals surface area contributed by atoms with E-state index in [-0.39, 0.29) is 12.2 Å². The Labute approximate surface area is 125 Å². The zero-order valence-corrected chi connectivity index (χ0v) is 12.0. The number of nitrogens with one attached hydrogen (secondary N) is 1. The minimum absolute atomic E-state index is 0.0439. The summed E-state index contributed by atoms with van der Waals surface area (Å²) in [4.78, 5) is 21.5. The van der Waals surface area contributed by atoms with Gasteiger partial charge in [0.1, 0.15) is 11.6 Å². The molecule has 1 aromatic carbocycles. The molecule has 1 amide bonds. The quantitative estimate of drug-likeness (QED) is 0.913. The molecule has 1 N–H and O–H groups in total. The summed E-state index contributed by atoms with van der Waals surface area (Å²) in [5.41, 5.74) is 0.0439. The van der Waals surface area contributed by atoms with Gasteiger partial charge < -0.3 is 15.0 Å². The second-order valence-electron chi connectivity index (χ2n) is 4.46. The van der Waals surface area contributed by atoms with Crippen molar-refractivity contribution in [1.29, 1.82) is 0 Å². The van der Waals surface area contributed by atoms with Gasteiger partial charge in [0, 0.05) is 31.1 Å². The molecule has 0 saturated heterocycles. The lowest BCUT2D eigenvalue weighted by Gasteiger charge is -2.16. The Hall–Kier alpha value is -2.77. The van der Waals surface area contributed by atoms with E-state index < -0.39 is 17.5 Å². The summed E-state index contributed by atoms with van der Waals surface area (Å²) in [6, 6.07) is 4.37. The number of anilines is 2. The van der Waals surface area contributed by atoms with Gasteiger partial charge in [-0.05, 0) is 12.1 Å². The van der Waals surface area contributed by atoms with Crippen LogP contribution in [0.1, 0.15) is 0 Å². The van der Waals surface area contributed by atoms with Gasteiger partial charge in [0.05, 0.1) is 13.7 Å². The first-order valence-corrected chi connectivity index (χ1v) is 6.32. The van der Waals surface area contributed by atoms with Crippen LogP contribution >= 0.6 is 0 Å². The lowest BCUT2D eigenvalue weighted by Crippen LogP contribution is -2.31. The zero-order chi connectivity index (χ0) is 16.1. The average molecular weight is 308 g/mol. The predicted octanol–water partition coefficient (Wildman–Crippen LogP) is 1.84. The normalized spacial score (nSPS) is 10.2. The van der Waals surface area contributed by atoms with Crippen molar-refractivity contribution in [2.75, 3.05) is 30.9 Å². The van der Waals surface area contributed by atoms with E-state index in [0.29, 0.717) is 11.8 Å². The molecule has 116 valence electrons. The van der Waals surface area contributed by atoms with Crippen molar-refractivity contribution >= 4 is 17.5 Å². The molecule has 2 rings (SSSR count). The van der Waals surface area contributed by atoms with Crippen molar-refractivity contribution < 1.29 is 18.3 Å². The van der Waals surface area contributed by atoms with Gasteiger partial charge in [-0.3, -0.25) is 4.79 Å². The average Bonchev–Trinajstić information content (AvgIpc) is 2.46. The number of carbonyl (C=O) groups excluding carboxylic acids is 1. The third-order valence-corrected chi connectivity index (χ3v) is 2.69. The summed E-state index contributed by atoms with van der Waals surface area (Å²) in [7, 11) is 3.08. The van der Waals surface area contributed by atoms with Gasteiger partial charge in [-0.2, -0.15) is 4.98 Å². The second kappa shape index (κ2) is 6.79. The van der Waals surface area contributed by atoms with E-state index in [4.69, 9.17) is 4.74 Å². The lowest BCUT2D eigenvalue weighted by atomic mass is 10.3. The van der Waals surface area contributed by atoms with Crippen molar-refractivity contribution in [3.63, 3.8) is 0 Å². The van der Waals surface area contributed by atoms with Gasteiger partial charge in [-0.15, -0.1) is 0 Å². The maximum Gasteiger partial charge on any atom is 0.243 e. The molecule has 0 aliphatic rings. The van der Waals surface area contributed by atoms with Crippen molar-refractivity contribution in [2.24, 2.45) is 0 Å². The number of nitrogens with zero attached hydrogens (tertiary/aromatic N) is 3. The van der Waals surface area contributed by atoms with Crippen LogP contribution < -0.4 is 15.0 Å². The first-order chi connectivity index (χ1) is 10.5. The summed E-state index contributed by atoms with van der Waals surface area (Å²) in [6.07, 6.45) is 1.50. The molecular weight excluding hydrogens is 294 g/mol.